The molecule has 0 aliphatic heterocycles. The Bertz CT molecular complexity index is 1040. The standard InChI is InChI=1S/C23H24ClN3OS/c1-15-8-10-22(11-9-15)29-18(4)23(28)26-25-14-19-12-16(2)27(17(19)3)21-7-5-6-20(24)13-21/h5-14,18H,1-4H3,(H,26,28)/b25-14-/t18-/m1/s1. The second-order valence-corrected chi connectivity index (χ2v) is 8.80. The number of thioether (sulfide) groups is 1. The van der Waals surface area contributed by atoms with Crippen LogP contribution in [-0.4, -0.2) is 21.9 Å². The predicted octanol–water partition coefficient (Wildman–Crippen LogP) is 5.69. The molecule has 150 valence electrons. The highest BCUT2D eigenvalue weighted by Gasteiger charge is 2.14. The summed E-state index contributed by atoms with van der Waals surface area (Å²) in [7, 11) is 0. The van der Waals surface area contributed by atoms with E-state index in [1.54, 1.807) is 6.21 Å². The molecule has 1 amide bonds. The van der Waals surface area contributed by atoms with E-state index in [0.717, 1.165) is 27.5 Å². The van der Waals surface area contributed by atoms with E-state index < -0.39 is 0 Å². The van der Waals surface area contributed by atoms with Gasteiger partial charge in [-0.05, 0) is 64.1 Å². The molecule has 0 unspecified atom stereocenters. The van der Waals surface area contributed by atoms with Crippen molar-refractivity contribution in [2.45, 2.75) is 37.8 Å². The molecule has 3 aromatic rings. The predicted molar refractivity (Wildman–Crippen MR) is 122 cm³/mol. The summed E-state index contributed by atoms with van der Waals surface area (Å²) in [6, 6.07) is 17.9. The number of rotatable bonds is 6. The molecule has 0 aliphatic rings. The summed E-state index contributed by atoms with van der Waals surface area (Å²) in [5.41, 5.74) is 7.89. The number of nitrogens with one attached hydrogen (secondary N) is 1. The van der Waals surface area contributed by atoms with Gasteiger partial charge in [-0.2, -0.15) is 5.10 Å². The van der Waals surface area contributed by atoms with E-state index in [2.05, 4.69) is 15.1 Å². The molecule has 1 N–H and O–H groups in total. The number of halogens is 1. The van der Waals surface area contributed by atoms with E-state index in [1.807, 2.05) is 82.3 Å². The van der Waals surface area contributed by atoms with Gasteiger partial charge in [-0.15, -0.1) is 11.8 Å². The van der Waals surface area contributed by atoms with Crippen molar-refractivity contribution < 1.29 is 4.79 Å². The van der Waals surface area contributed by atoms with Crippen LogP contribution in [0, 0.1) is 20.8 Å². The summed E-state index contributed by atoms with van der Waals surface area (Å²) in [6.07, 6.45) is 1.69. The van der Waals surface area contributed by atoms with Crippen LogP contribution in [0.15, 0.2) is 64.6 Å². The molecule has 1 heterocycles. The van der Waals surface area contributed by atoms with Crippen LogP contribution in [0.3, 0.4) is 0 Å². The Morgan fingerprint density at radius 2 is 1.86 bits per heavy atom. The van der Waals surface area contributed by atoms with Gasteiger partial charge in [0.05, 0.1) is 11.5 Å². The van der Waals surface area contributed by atoms with Gasteiger partial charge in [-0.25, -0.2) is 5.43 Å². The van der Waals surface area contributed by atoms with Gasteiger partial charge in [0.15, 0.2) is 0 Å². The molecule has 0 spiro atoms. The molecular weight excluding hydrogens is 402 g/mol. The molecule has 0 aliphatic carbocycles. The molecule has 3 rings (SSSR count). The highest BCUT2D eigenvalue weighted by Crippen LogP contribution is 2.24. The number of aromatic nitrogens is 1. The molecule has 0 saturated carbocycles. The number of carbonyl (C=O) groups excluding carboxylic acids is 1. The minimum Gasteiger partial charge on any atom is -0.318 e. The van der Waals surface area contributed by atoms with Gasteiger partial charge in [0.25, 0.3) is 5.91 Å². The summed E-state index contributed by atoms with van der Waals surface area (Å²) in [6.45, 7) is 7.97. The van der Waals surface area contributed by atoms with Gasteiger partial charge in [-0.1, -0.05) is 35.4 Å². The maximum absolute atomic E-state index is 12.4. The number of hydrogen-bond donors (Lipinski definition) is 1. The topological polar surface area (TPSA) is 46.4 Å². The summed E-state index contributed by atoms with van der Waals surface area (Å²) < 4.78 is 2.12. The highest BCUT2D eigenvalue weighted by atomic mass is 35.5. The number of hydrazone groups is 1. The Labute approximate surface area is 181 Å². The summed E-state index contributed by atoms with van der Waals surface area (Å²) in [4.78, 5) is 13.4. The molecule has 4 nitrogen and oxygen atoms in total. The first-order valence-electron chi connectivity index (χ1n) is 9.36. The fourth-order valence-electron chi connectivity index (χ4n) is 3.06. The monoisotopic (exact) mass is 425 g/mol. The van der Waals surface area contributed by atoms with Gasteiger partial charge >= 0.3 is 0 Å². The zero-order valence-corrected chi connectivity index (χ0v) is 18.5. The number of carbonyl (C=O) groups is 1. The molecule has 2 aromatic carbocycles. The average molecular weight is 426 g/mol. The maximum Gasteiger partial charge on any atom is 0.253 e. The Morgan fingerprint density at radius 3 is 2.55 bits per heavy atom. The molecule has 1 aromatic heterocycles. The minimum absolute atomic E-state index is 0.129. The molecule has 0 saturated heterocycles. The number of amides is 1. The Balaban J connectivity index is 1.66. The number of hydrogen-bond acceptors (Lipinski definition) is 3. The van der Waals surface area contributed by atoms with Crippen LogP contribution in [0.2, 0.25) is 5.02 Å². The molecule has 6 heteroatoms. The number of aryl methyl sites for hydroxylation is 2. The van der Waals surface area contributed by atoms with E-state index in [1.165, 1.54) is 17.3 Å². The van der Waals surface area contributed by atoms with Gasteiger partial charge in [0.1, 0.15) is 0 Å². The number of benzene rings is 2. The molecule has 29 heavy (non-hydrogen) atoms. The second kappa shape index (κ2) is 9.33. The largest absolute Gasteiger partial charge is 0.318 e. The minimum atomic E-state index is -0.242. The quantitative estimate of drug-likeness (QED) is 0.313. The molecule has 1 atom stereocenters. The molecule has 0 bridgehead atoms. The van der Waals surface area contributed by atoms with Gasteiger partial charge in [0.2, 0.25) is 0 Å². The first-order valence-corrected chi connectivity index (χ1v) is 10.6. The van der Waals surface area contributed by atoms with Gasteiger partial charge in [-0.3, -0.25) is 4.79 Å². The van der Waals surface area contributed by atoms with Crippen LogP contribution in [0.4, 0.5) is 0 Å². The van der Waals surface area contributed by atoms with Crippen molar-refractivity contribution >= 4 is 35.5 Å². The van der Waals surface area contributed by atoms with E-state index >= 15 is 0 Å². The fraction of sp³-hybridized carbons (Fsp3) is 0.217. The first-order chi connectivity index (χ1) is 13.8. The Kier molecular flexibility index (Phi) is 6.83. The van der Waals surface area contributed by atoms with Crippen LogP contribution in [0.1, 0.15) is 29.4 Å². The third-order valence-corrected chi connectivity index (χ3v) is 5.97. The van der Waals surface area contributed by atoms with Crippen LogP contribution in [-0.2, 0) is 4.79 Å². The van der Waals surface area contributed by atoms with Crippen molar-refractivity contribution in [1.29, 1.82) is 0 Å². The summed E-state index contributed by atoms with van der Waals surface area (Å²) in [5, 5.41) is 4.62. The SMILES string of the molecule is Cc1ccc(S[C@H](C)C(=O)N/N=C\c2cc(C)n(-c3cccc(Cl)c3)c2C)cc1. The van der Waals surface area contributed by atoms with Crippen LogP contribution < -0.4 is 5.43 Å². The van der Waals surface area contributed by atoms with E-state index in [4.69, 9.17) is 11.6 Å². The average Bonchev–Trinajstić information content (AvgIpc) is 2.97. The third-order valence-electron chi connectivity index (χ3n) is 4.62. The smallest absolute Gasteiger partial charge is 0.253 e. The van der Waals surface area contributed by atoms with Gasteiger partial charge in [0, 0.05) is 32.6 Å². The van der Waals surface area contributed by atoms with Crippen LogP contribution in [0.25, 0.3) is 5.69 Å². The molecule has 0 fully saturated rings. The van der Waals surface area contributed by atoms with E-state index in [0.29, 0.717) is 5.02 Å². The zero-order valence-electron chi connectivity index (χ0n) is 16.9. The Morgan fingerprint density at radius 1 is 1.14 bits per heavy atom. The summed E-state index contributed by atoms with van der Waals surface area (Å²) in [5.74, 6) is -0.129. The van der Waals surface area contributed by atoms with E-state index in [-0.39, 0.29) is 11.2 Å². The van der Waals surface area contributed by atoms with Crippen molar-refractivity contribution in [2.75, 3.05) is 0 Å². The molecular formula is C23H24ClN3OS. The lowest BCUT2D eigenvalue weighted by atomic mass is 10.2. The molecule has 0 radical (unpaired) electrons. The lowest BCUT2D eigenvalue weighted by molar-refractivity contribution is -0.120. The lowest BCUT2D eigenvalue weighted by Gasteiger charge is -2.10. The van der Waals surface area contributed by atoms with Crippen molar-refractivity contribution in [3.8, 4) is 5.69 Å². The number of nitrogens with zero attached hydrogens (tertiary/aromatic N) is 2. The second-order valence-electron chi connectivity index (χ2n) is 6.95. The third kappa shape index (κ3) is 5.31. The van der Waals surface area contributed by atoms with Crippen molar-refractivity contribution in [3.05, 3.63) is 82.1 Å². The zero-order chi connectivity index (χ0) is 21.0. The first kappa shape index (κ1) is 21.2. The summed E-state index contributed by atoms with van der Waals surface area (Å²) >= 11 is 7.64. The van der Waals surface area contributed by atoms with Crippen LogP contribution >= 0.6 is 23.4 Å². The fourth-order valence-corrected chi connectivity index (χ4v) is 4.11. The maximum atomic E-state index is 12.4. The Hall–Kier alpha value is -2.50. The highest BCUT2D eigenvalue weighted by molar-refractivity contribution is 8.00. The van der Waals surface area contributed by atoms with Gasteiger partial charge < -0.3 is 4.57 Å². The lowest BCUT2D eigenvalue weighted by Crippen LogP contribution is -2.26. The van der Waals surface area contributed by atoms with Crippen molar-refractivity contribution in [2.24, 2.45) is 5.10 Å². The van der Waals surface area contributed by atoms with E-state index in [9.17, 15) is 4.79 Å². The normalized spacial score (nSPS) is 12.3. The van der Waals surface area contributed by atoms with Crippen LogP contribution in [0.5, 0.6) is 0 Å². The van der Waals surface area contributed by atoms with Crippen molar-refractivity contribution in [3.63, 3.8) is 0 Å². The van der Waals surface area contributed by atoms with Crippen molar-refractivity contribution in [1.82, 2.24) is 9.99 Å².